The first kappa shape index (κ1) is 15.6. The lowest BCUT2D eigenvalue weighted by atomic mass is 9.92. The van der Waals surface area contributed by atoms with E-state index in [-0.39, 0.29) is 0 Å². The fourth-order valence-electron chi connectivity index (χ4n) is 3.37. The van der Waals surface area contributed by atoms with Crippen LogP contribution in [-0.2, 0) is 4.79 Å². The third kappa shape index (κ3) is 4.34. The van der Waals surface area contributed by atoms with Crippen molar-refractivity contribution in [3.63, 3.8) is 0 Å². The average Bonchev–Trinajstić information content (AvgIpc) is 2.49. The van der Waals surface area contributed by atoms with Gasteiger partial charge in [-0.1, -0.05) is 25.3 Å². The molecular formula is C17H30N2O. The van der Waals surface area contributed by atoms with Crippen LogP contribution in [0.3, 0.4) is 0 Å². The average molecular weight is 278 g/mol. The molecule has 2 aliphatic rings. The lowest BCUT2D eigenvalue weighted by molar-refractivity contribution is -0.130. The largest absolute Gasteiger partial charge is 0.335 e. The molecule has 3 nitrogen and oxygen atoms in total. The predicted octanol–water partition coefficient (Wildman–Crippen LogP) is 3.21. The molecule has 0 atom stereocenters. The van der Waals surface area contributed by atoms with E-state index in [1.807, 2.05) is 0 Å². The van der Waals surface area contributed by atoms with Gasteiger partial charge in [-0.3, -0.25) is 4.79 Å². The maximum absolute atomic E-state index is 12.8. The van der Waals surface area contributed by atoms with Gasteiger partial charge in [0.1, 0.15) is 0 Å². The molecule has 0 spiro atoms. The number of hydrogen-bond acceptors (Lipinski definition) is 2. The molecule has 0 aliphatic heterocycles. The first-order valence-electron chi connectivity index (χ1n) is 8.33. The molecule has 2 aliphatic carbocycles. The Morgan fingerprint density at radius 1 is 1.10 bits per heavy atom. The fraction of sp³-hybridized carbons (Fsp3) is 0.824. The highest BCUT2D eigenvalue weighted by Crippen LogP contribution is 2.26. The van der Waals surface area contributed by atoms with Gasteiger partial charge < -0.3 is 9.80 Å². The highest BCUT2D eigenvalue weighted by molar-refractivity contribution is 5.93. The van der Waals surface area contributed by atoms with Crippen LogP contribution < -0.4 is 0 Å². The van der Waals surface area contributed by atoms with E-state index in [9.17, 15) is 4.79 Å². The van der Waals surface area contributed by atoms with Crippen LogP contribution in [-0.4, -0.2) is 48.9 Å². The topological polar surface area (TPSA) is 23.6 Å². The standard InChI is InChI=1S/C17H30N2O/c1-18(2)13-14-19(16-11-7-4-8-12-16)17(20)15-9-5-3-6-10-15/h9,16H,3-8,10-14H2,1-2H3. The van der Waals surface area contributed by atoms with Crippen LogP contribution in [0.5, 0.6) is 0 Å². The molecule has 0 aromatic heterocycles. The first-order chi connectivity index (χ1) is 9.68. The van der Waals surface area contributed by atoms with Crippen LogP contribution >= 0.6 is 0 Å². The molecule has 2 rings (SSSR count). The zero-order valence-corrected chi connectivity index (χ0v) is 13.2. The maximum atomic E-state index is 12.8. The molecule has 0 bridgehead atoms. The highest BCUT2D eigenvalue weighted by atomic mass is 16.2. The maximum Gasteiger partial charge on any atom is 0.249 e. The molecule has 114 valence electrons. The van der Waals surface area contributed by atoms with Gasteiger partial charge in [-0.15, -0.1) is 0 Å². The summed E-state index contributed by atoms with van der Waals surface area (Å²) < 4.78 is 0. The minimum Gasteiger partial charge on any atom is -0.335 e. The Kier molecular flexibility index (Phi) is 6.08. The molecule has 3 heteroatoms. The lowest BCUT2D eigenvalue weighted by Crippen LogP contribution is -2.45. The summed E-state index contributed by atoms with van der Waals surface area (Å²) in [7, 11) is 4.17. The van der Waals surface area contributed by atoms with Crippen molar-refractivity contribution >= 4 is 5.91 Å². The van der Waals surface area contributed by atoms with E-state index in [0.717, 1.165) is 31.5 Å². The third-order valence-electron chi connectivity index (χ3n) is 4.63. The third-order valence-corrected chi connectivity index (χ3v) is 4.63. The van der Waals surface area contributed by atoms with Crippen molar-refractivity contribution in [2.45, 2.75) is 63.8 Å². The number of rotatable bonds is 5. The van der Waals surface area contributed by atoms with E-state index in [1.165, 1.54) is 44.9 Å². The smallest absolute Gasteiger partial charge is 0.249 e. The van der Waals surface area contributed by atoms with Crippen molar-refractivity contribution in [1.29, 1.82) is 0 Å². The number of likely N-dealkylation sites (N-methyl/N-ethyl adjacent to an activating group) is 1. The number of hydrogen-bond donors (Lipinski definition) is 0. The molecule has 0 aromatic carbocycles. The van der Waals surface area contributed by atoms with Gasteiger partial charge in [-0.05, 0) is 52.6 Å². The van der Waals surface area contributed by atoms with Crippen molar-refractivity contribution in [3.8, 4) is 0 Å². The van der Waals surface area contributed by atoms with Gasteiger partial charge in [0.15, 0.2) is 0 Å². The normalized spacial score (nSPS) is 20.9. The monoisotopic (exact) mass is 278 g/mol. The molecule has 0 heterocycles. The molecule has 0 unspecified atom stereocenters. The van der Waals surface area contributed by atoms with Crippen molar-refractivity contribution in [2.75, 3.05) is 27.2 Å². The van der Waals surface area contributed by atoms with Gasteiger partial charge in [0, 0.05) is 24.7 Å². The van der Waals surface area contributed by atoms with E-state index in [4.69, 9.17) is 0 Å². The van der Waals surface area contributed by atoms with E-state index in [2.05, 4.69) is 30.0 Å². The van der Waals surface area contributed by atoms with Crippen molar-refractivity contribution in [1.82, 2.24) is 9.80 Å². The molecule has 1 amide bonds. The van der Waals surface area contributed by atoms with Crippen LogP contribution in [0.2, 0.25) is 0 Å². The molecule has 0 radical (unpaired) electrons. The van der Waals surface area contributed by atoms with Crippen LogP contribution in [0.4, 0.5) is 0 Å². The second kappa shape index (κ2) is 7.82. The molecule has 0 saturated heterocycles. The van der Waals surface area contributed by atoms with E-state index < -0.39 is 0 Å². The van der Waals surface area contributed by atoms with Gasteiger partial charge in [0.2, 0.25) is 5.91 Å². The summed E-state index contributed by atoms with van der Waals surface area (Å²) in [6.45, 7) is 1.85. The summed E-state index contributed by atoms with van der Waals surface area (Å²) in [5.74, 6) is 0.332. The Bertz CT molecular complexity index is 343. The van der Waals surface area contributed by atoms with Crippen LogP contribution in [0.1, 0.15) is 57.8 Å². The second-order valence-electron chi connectivity index (χ2n) is 6.57. The number of nitrogens with zero attached hydrogens (tertiary/aromatic N) is 2. The fourth-order valence-corrected chi connectivity index (χ4v) is 3.37. The van der Waals surface area contributed by atoms with Crippen molar-refractivity contribution < 1.29 is 4.79 Å². The van der Waals surface area contributed by atoms with Gasteiger partial charge in [0.25, 0.3) is 0 Å². The van der Waals surface area contributed by atoms with Crippen LogP contribution in [0, 0.1) is 0 Å². The molecule has 1 fully saturated rings. The van der Waals surface area contributed by atoms with E-state index >= 15 is 0 Å². The summed E-state index contributed by atoms with van der Waals surface area (Å²) in [6, 6.07) is 0.485. The Hall–Kier alpha value is -0.830. The zero-order chi connectivity index (χ0) is 14.4. The number of amides is 1. The van der Waals surface area contributed by atoms with Crippen molar-refractivity contribution in [3.05, 3.63) is 11.6 Å². The Balaban J connectivity index is 2.03. The Labute approximate surface area is 124 Å². The van der Waals surface area contributed by atoms with Gasteiger partial charge in [-0.25, -0.2) is 0 Å². The Morgan fingerprint density at radius 3 is 2.45 bits per heavy atom. The molecule has 0 N–H and O–H groups in total. The quantitative estimate of drug-likeness (QED) is 0.771. The zero-order valence-electron chi connectivity index (χ0n) is 13.2. The summed E-state index contributed by atoms with van der Waals surface area (Å²) in [5, 5.41) is 0. The second-order valence-corrected chi connectivity index (χ2v) is 6.57. The van der Waals surface area contributed by atoms with Gasteiger partial charge >= 0.3 is 0 Å². The van der Waals surface area contributed by atoms with Crippen LogP contribution in [0.15, 0.2) is 11.6 Å². The van der Waals surface area contributed by atoms with Gasteiger partial charge in [-0.2, -0.15) is 0 Å². The highest BCUT2D eigenvalue weighted by Gasteiger charge is 2.27. The molecular weight excluding hydrogens is 248 g/mol. The minimum atomic E-state index is 0.332. The minimum absolute atomic E-state index is 0.332. The van der Waals surface area contributed by atoms with Crippen LogP contribution in [0.25, 0.3) is 0 Å². The summed E-state index contributed by atoms with van der Waals surface area (Å²) >= 11 is 0. The number of allylic oxidation sites excluding steroid dienone is 1. The Morgan fingerprint density at radius 2 is 1.85 bits per heavy atom. The number of carbonyl (C=O) groups is 1. The summed E-state index contributed by atoms with van der Waals surface area (Å²) in [5.41, 5.74) is 1.08. The predicted molar refractivity (Wildman–Crippen MR) is 83.7 cm³/mol. The molecule has 0 aromatic rings. The van der Waals surface area contributed by atoms with E-state index in [1.54, 1.807) is 0 Å². The number of carbonyl (C=O) groups excluding carboxylic acids is 1. The SMILES string of the molecule is CN(C)CCN(C(=O)C1=CCCCC1)C1CCCCC1. The van der Waals surface area contributed by atoms with Gasteiger partial charge in [0.05, 0.1) is 0 Å². The molecule has 20 heavy (non-hydrogen) atoms. The first-order valence-corrected chi connectivity index (χ1v) is 8.33. The molecule has 1 saturated carbocycles. The summed E-state index contributed by atoms with van der Waals surface area (Å²) in [4.78, 5) is 17.2. The van der Waals surface area contributed by atoms with Crippen molar-refractivity contribution in [2.24, 2.45) is 0 Å². The van der Waals surface area contributed by atoms with E-state index in [0.29, 0.717) is 11.9 Å². The summed E-state index contributed by atoms with van der Waals surface area (Å²) in [6.07, 6.45) is 13.0. The lowest BCUT2D eigenvalue weighted by Gasteiger charge is -2.36.